The van der Waals surface area contributed by atoms with Gasteiger partial charge in [0.05, 0.1) is 11.5 Å². The summed E-state index contributed by atoms with van der Waals surface area (Å²) in [4.78, 5) is 35.6. The number of nitro groups is 1. The number of ether oxygens (including phenoxy) is 1. The predicted octanol–water partition coefficient (Wildman–Crippen LogP) is 3.08. The monoisotopic (exact) mass is 473 g/mol. The Morgan fingerprint density at radius 1 is 1.40 bits per heavy atom. The van der Waals surface area contributed by atoms with Crippen LogP contribution in [0, 0.1) is 10.1 Å². The normalized spacial score (nSPS) is 17.4. The second-order valence-electron chi connectivity index (χ2n) is 6.35. The van der Waals surface area contributed by atoms with E-state index in [1.807, 2.05) is 0 Å². The minimum Gasteiger partial charge on any atom is -0.462 e. The third kappa shape index (κ3) is 4.53. The van der Waals surface area contributed by atoms with E-state index < -0.39 is 32.9 Å². The van der Waals surface area contributed by atoms with Crippen molar-refractivity contribution in [2.24, 2.45) is 0 Å². The molecule has 10 nitrogen and oxygen atoms in total. The van der Waals surface area contributed by atoms with Crippen LogP contribution in [0.25, 0.3) is 0 Å². The number of rotatable bonds is 7. The minimum absolute atomic E-state index is 0.0378. The molecule has 30 heavy (non-hydrogen) atoms. The van der Waals surface area contributed by atoms with Crippen LogP contribution >= 0.6 is 22.7 Å². The summed E-state index contributed by atoms with van der Waals surface area (Å²) in [6, 6.07) is 3.15. The quantitative estimate of drug-likeness (QED) is 0.371. The van der Waals surface area contributed by atoms with Crippen LogP contribution < -0.4 is 5.32 Å². The summed E-state index contributed by atoms with van der Waals surface area (Å²) < 4.78 is 32.1. The molecular formula is C17H19N3O7S3. The first-order valence-corrected chi connectivity index (χ1v) is 12.2. The molecule has 0 aliphatic carbocycles. The number of anilines is 1. The van der Waals surface area contributed by atoms with Gasteiger partial charge < -0.3 is 10.1 Å². The maximum absolute atomic E-state index is 13.0. The van der Waals surface area contributed by atoms with Gasteiger partial charge in [0.2, 0.25) is 5.91 Å². The lowest BCUT2D eigenvalue weighted by atomic mass is 10.0. The molecule has 0 spiro atoms. The molecule has 0 bridgehead atoms. The molecule has 1 amide bonds. The summed E-state index contributed by atoms with van der Waals surface area (Å²) in [5.74, 6) is -1.44. The van der Waals surface area contributed by atoms with Crippen molar-refractivity contribution in [3.63, 3.8) is 0 Å². The SMILES string of the molecule is CCOC(=O)c1cc([N+](=O)[O-])sc1NC(=O)C1CCCCN1S(=O)(=O)c1cccs1. The van der Waals surface area contributed by atoms with Crippen LogP contribution in [0.4, 0.5) is 10.0 Å². The highest BCUT2D eigenvalue weighted by Crippen LogP contribution is 2.35. The Hall–Kier alpha value is -2.35. The zero-order chi connectivity index (χ0) is 21.9. The third-order valence-electron chi connectivity index (χ3n) is 4.45. The summed E-state index contributed by atoms with van der Waals surface area (Å²) in [6.45, 7) is 1.84. The van der Waals surface area contributed by atoms with Gasteiger partial charge in [0, 0.05) is 12.6 Å². The Labute approximate surface area is 180 Å². The molecule has 162 valence electrons. The molecule has 1 aliphatic rings. The molecule has 2 aromatic rings. The summed E-state index contributed by atoms with van der Waals surface area (Å²) in [5, 5.41) is 14.9. The zero-order valence-corrected chi connectivity index (χ0v) is 18.3. The van der Waals surface area contributed by atoms with Gasteiger partial charge in [-0.2, -0.15) is 4.31 Å². The summed E-state index contributed by atoms with van der Waals surface area (Å²) in [7, 11) is -3.85. The Bertz CT molecular complexity index is 1050. The first-order chi connectivity index (χ1) is 14.3. The fraction of sp³-hybridized carbons (Fsp3) is 0.412. The number of amides is 1. The molecule has 1 aliphatic heterocycles. The number of nitrogens with one attached hydrogen (secondary N) is 1. The van der Waals surface area contributed by atoms with Gasteiger partial charge in [-0.15, -0.1) is 11.3 Å². The molecule has 3 rings (SSSR count). The molecule has 0 radical (unpaired) electrons. The van der Waals surface area contributed by atoms with Crippen LogP contribution in [-0.4, -0.2) is 48.7 Å². The smallest absolute Gasteiger partial charge is 0.341 e. The van der Waals surface area contributed by atoms with E-state index in [-0.39, 0.29) is 32.9 Å². The molecule has 2 aromatic heterocycles. The Kier molecular flexibility index (Phi) is 6.85. The van der Waals surface area contributed by atoms with Crippen molar-refractivity contribution in [2.75, 3.05) is 18.5 Å². The maximum Gasteiger partial charge on any atom is 0.341 e. The number of carbonyl (C=O) groups is 2. The van der Waals surface area contributed by atoms with Crippen molar-refractivity contribution >= 4 is 54.6 Å². The van der Waals surface area contributed by atoms with Crippen molar-refractivity contribution in [1.29, 1.82) is 0 Å². The number of hydrogen-bond acceptors (Lipinski definition) is 9. The molecule has 1 fully saturated rings. The second-order valence-corrected chi connectivity index (χ2v) is 10.4. The first-order valence-electron chi connectivity index (χ1n) is 9.07. The maximum atomic E-state index is 13.0. The van der Waals surface area contributed by atoms with Gasteiger partial charge in [0.25, 0.3) is 10.0 Å². The Balaban J connectivity index is 1.89. The number of piperidine rings is 1. The number of carbonyl (C=O) groups excluding carboxylic acids is 2. The van der Waals surface area contributed by atoms with E-state index in [1.54, 1.807) is 18.4 Å². The van der Waals surface area contributed by atoms with E-state index in [1.165, 1.54) is 6.07 Å². The van der Waals surface area contributed by atoms with Crippen LogP contribution in [0.5, 0.6) is 0 Å². The van der Waals surface area contributed by atoms with Crippen LogP contribution in [0.15, 0.2) is 27.8 Å². The number of esters is 1. The molecule has 13 heteroatoms. The van der Waals surface area contributed by atoms with Crippen LogP contribution in [0.2, 0.25) is 0 Å². The number of sulfonamides is 1. The van der Waals surface area contributed by atoms with Gasteiger partial charge in [0.1, 0.15) is 20.8 Å². The van der Waals surface area contributed by atoms with Gasteiger partial charge in [-0.25, -0.2) is 13.2 Å². The molecule has 3 heterocycles. The van der Waals surface area contributed by atoms with Gasteiger partial charge >= 0.3 is 11.0 Å². The minimum atomic E-state index is -3.85. The van der Waals surface area contributed by atoms with Crippen molar-refractivity contribution in [2.45, 2.75) is 36.4 Å². The molecule has 1 atom stereocenters. The lowest BCUT2D eigenvalue weighted by Gasteiger charge is -2.33. The van der Waals surface area contributed by atoms with E-state index in [2.05, 4.69) is 5.32 Å². The van der Waals surface area contributed by atoms with E-state index >= 15 is 0 Å². The van der Waals surface area contributed by atoms with Crippen LogP contribution in [0.1, 0.15) is 36.5 Å². The highest BCUT2D eigenvalue weighted by Gasteiger charge is 2.39. The van der Waals surface area contributed by atoms with Crippen molar-refractivity contribution < 1.29 is 27.7 Å². The van der Waals surface area contributed by atoms with Gasteiger partial charge in [-0.1, -0.05) is 12.5 Å². The van der Waals surface area contributed by atoms with Crippen molar-refractivity contribution in [1.82, 2.24) is 4.31 Å². The van der Waals surface area contributed by atoms with E-state index in [4.69, 9.17) is 4.74 Å². The van der Waals surface area contributed by atoms with Gasteiger partial charge in [-0.05, 0) is 42.5 Å². The van der Waals surface area contributed by atoms with Crippen molar-refractivity contribution in [3.05, 3.63) is 39.3 Å². The van der Waals surface area contributed by atoms with E-state index in [0.29, 0.717) is 30.6 Å². The average molecular weight is 474 g/mol. The highest BCUT2D eigenvalue weighted by molar-refractivity contribution is 7.91. The first kappa shape index (κ1) is 22.3. The summed E-state index contributed by atoms with van der Waals surface area (Å²) in [6.07, 6.45) is 1.58. The Morgan fingerprint density at radius 3 is 2.80 bits per heavy atom. The molecular weight excluding hydrogens is 454 g/mol. The standard InChI is InChI=1S/C17H19N3O7S3/c1-2-27-17(22)11-10-13(20(23)24)29-16(11)18-15(21)12-6-3-4-8-19(12)30(25,26)14-7-5-9-28-14/h5,7,9-10,12H,2-4,6,8H2,1H3,(H,18,21). The third-order valence-corrected chi connectivity index (χ3v) is 8.73. The molecule has 0 aromatic carbocycles. The lowest BCUT2D eigenvalue weighted by Crippen LogP contribution is -2.49. The number of thiophene rings is 2. The molecule has 1 saturated heterocycles. The lowest BCUT2D eigenvalue weighted by molar-refractivity contribution is -0.380. The molecule has 0 saturated carbocycles. The molecule has 1 unspecified atom stereocenters. The second kappa shape index (κ2) is 9.20. The Morgan fingerprint density at radius 2 is 2.17 bits per heavy atom. The highest BCUT2D eigenvalue weighted by atomic mass is 32.2. The average Bonchev–Trinajstić information content (AvgIpc) is 3.39. The molecule has 1 N–H and O–H groups in total. The van der Waals surface area contributed by atoms with Gasteiger partial charge in [0.15, 0.2) is 0 Å². The number of hydrogen-bond donors (Lipinski definition) is 1. The fourth-order valence-electron chi connectivity index (χ4n) is 3.10. The topological polar surface area (TPSA) is 136 Å². The number of nitrogens with zero attached hydrogens (tertiary/aromatic N) is 2. The summed E-state index contributed by atoms with van der Waals surface area (Å²) >= 11 is 1.69. The summed E-state index contributed by atoms with van der Waals surface area (Å²) in [5.41, 5.74) is -0.134. The van der Waals surface area contributed by atoms with E-state index in [9.17, 15) is 28.1 Å². The largest absolute Gasteiger partial charge is 0.462 e. The van der Waals surface area contributed by atoms with Gasteiger partial charge in [-0.3, -0.25) is 14.9 Å². The van der Waals surface area contributed by atoms with E-state index in [0.717, 1.165) is 21.7 Å². The fourth-order valence-corrected chi connectivity index (χ4v) is 6.74. The van der Waals surface area contributed by atoms with Crippen LogP contribution in [0.3, 0.4) is 0 Å². The van der Waals surface area contributed by atoms with Crippen molar-refractivity contribution in [3.8, 4) is 0 Å². The predicted molar refractivity (Wildman–Crippen MR) is 111 cm³/mol. The van der Waals surface area contributed by atoms with Crippen LogP contribution in [-0.2, 0) is 19.6 Å². The zero-order valence-electron chi connectivity index (χ0n) is 15.9.